The normalized spacial score (nSPS) is 12.5. The molecule has 0 saturated carbocycles. The summed E-state index contributed by atoms with van der Waals surface area (Å²) in [6.07, 6.45) is 0. The van der Waals surface area contributed by atoms with Crippen LogP contribution >= 0.6 is 11.3 Å². The number of anilines is 1. The van der Waals surface area contributed by atoms with Crippen LogP contribution in [-0.2, 0) is 0 Å². The van der Waals surface area contributed by atoms with E-state index in [9.17, 15) is 8.78 Å². The van der Waals surface area contributed by atoms with Gasteiger partial charge in [0.2, 0.25) is 6.79 Å². The van der Waals surface area contributed by atoms with Gasteiger partial charge in [0.15, 0.2) is 28.8 Å². The summed E-state index contributed by atoms with van der Waals surface area (Å²) in [4.78, 5) is 4.55. The largest absolute Gasteiger partial charge is 0.454 e. The highest BCUT2D eigenvalue weighted by atomic mass is 32.1. The molecule has 2 aromatic heterocycles. The van der Waals surface area contributed by atoms with Crippen molar-refractivity contribution in [2.45, 2.75) is 0 Å². The first-order valence-electron chi connectivity index (χ1n) is 8.12. The van der Waals surface area contributed by atoms with Crippen molar-refractivity contribution in [3.63, 3.8) is 0 Å². The minimum Gasteiger partial charge on any atom is -0.454 e. The molecule has 0 spiro atoms. The molecule has 10 heteroatoms. The van der Waals surface area contributed by atoms with Crippen LogP contribution in [0.1, 0.15) is 0 Å². The van der Waals surface area contributed by atoms with Crippen molar-refractivity contribution in [3.8, 4) is 39.1 Å². The molecule has 0 atom stereocenters. The van der Waals surface area contributed by atoms with Crippen LogP contribution in [0.3, 0.4) is 0 Å². The lowest BCUT2D eigenvalue weighted by Gasteiger charge is -2.04. The van der Waals surface area contributed by atoms with Crippen LogP contribution in [0.5, 0.6) is 11.5 Å². The van der Waals surface area contributed by atoms with Gasteiger partial charge in [-0.2, -0.15) is 4.68 Å². The fraction of sp³-hybridized carbons (Fsp3) is 0.0556. The van der Waals surface area contributed by atoms with Gasteiger partial charge >= 0.3 is 0 Å². The minimum atomic E-state index is -0.789. The van der Waals surface area contributed by atoms with E-state index >= 15 is 0 Å². The molecule has 3 heterocycles. The van der Waals surface area contributed by atoms with Crippen molar-refractivity contribution in [1.29, 1.82) is 0 Å². The summed E-state index contributed by atoms with van der Waals surface area (Å²) in [5.74, 6) is -0.0223. The van der Waals surface area contributed by atoms with Gasteiger partial charge < -0.3 is 15.2 Å². The maximum Gasteiger partial charge on any atom is 0.231 e. The Morgan fingerprint density at radius 2 is 1.93 bits per heavy atom. The summed E-state index contributed by atoms with van der Waals surface area (Å²) in [5.41, 5.74) is 7.99. The highest BCUT2D eigenvalue weighted by Crippen LogP contribution is 2.37. The van der Waals surface area contributed by atoms with Crippen LogP contribution in [-0.4, -0.2) is 26.8 Å². The zero-order chi connectivity index (χ0) is 19.3. The third-order valence-corrected chi connectivity index (χ3v) is 5.07. The molecule has 140 valence electrons. The third kappa shape index (κ3) is 2.65. The first kappa shape index (κ1) is 16.6. The molecule has 0 unspecified atom stereocenters. The van der Waals surface area contributed by atoms with Crippen molar-refractivity contribution in [2.75, 3.05) is 12.5 Å². The Hall–Kier alpha value is -3.53. The number of hydrogen-bond donors (Lipinski definition) is 1. The van der Waals surface area contributed by atoms with Crippen molar-refractivity contribution >= 4 is 17.2 Å². The van der Waals surface area contributed by atoms with Gasteiger partial charge in [0.05, 0.1) is 5.69 Å². The van der Waals surface area contributed by atoms with Crippen molar-refractivity contribution in [1.82, 2.24) is 20.0 Å². The van der Waals surface area contributed by atoms with E-state index in [1.54, 1.807) is 0 Å². The molecule has 5 rings (SSSR count). The van der Waals surface area contributed by atoms with E-state index in [0.29, 0.717) is 27.9 Å². The van der Waals surface area contributed by atoms with E-state index in [2.05, 4.69) is 15.3 Å². The summed E-state index contributed by atoms with van der Waals surface area (Å²) in [5, 5.41) is 10.3. The maximum atomic E-state index is 14.0. The van der Waals surface area contributed by atoms with Gasteiger partial charge in [-0.05, 0) is 30.3 Å². The first-order chi connectivity index (χ1) is 13.6. The number of nitrogens with two attached hydrogens (primary N) is 1. The van der Waals surface area contributed by atoms with Gasteiger partial charge in [-0.25, -0.2) is 13.8 Å². The van der Waals surface area contributed by atoms with Crippen molar-refractivity contribution in [2.24, 2.45) is 0 Å². The molecular weight excluding hydrogens is 388 g/mol. The number of ether oxygens (including phenoxy) is 2. The molecule has 28 heavy (non-hydrogen) atoms. The Morgan fingerprint density at radius 1 is 1.07 bits per heavy atom. The van der Waals surface area contributed by atoms with Gasteiger partial charge in [0, 0.05) is 17.0 Å². The maximum absolute atomic E-state index is 14.0. The van der Waals surface area contributed by atoms with Crippen LogP contribution in [0, 0.1) is 11.6 Å². The lowest BCUT2D eigenvalue weighted by atomic mass is 10.1. The number of hydrogen-bond acceptors (Lipinski definition) is 7. The second kappa shape index (κ2) is 6.27. The number of benzene rings is 2. The molecule has 7 nitrogen and oxygen atoms in total. The zero-order valence-electron chi connectivity index (χ0n) is 14.1. The van der Waals surface area contributed by atoms with Crippen LogP contribution in [0.15, 0.2) is 41.8 Å². The Morgan fingerprint density at radius 3 is 2.79 bits per heavy atom. The van der Waals surface area contributed by atoms with E-state index in [0.717, 1.165) is 22.4 Å². The summed E-state index contributed by atoms with van der Waals surface area (Å²) >= 11 is 1.33. The third-order valence-electron chi connectivity index (χ3n) is 4.22. The standard InChI is InChI=1S/C18H11F2N5O2S/c19-10-2-3-13(11(20)6-10)25-17(21)16(23-24-25)18-22-12(7-28-18)9-1-4-14-15(5-9)27-8-26-14/h1-7H,8,21H2. The highest BCUT2D eigenvalue weighted by molar-refractivity contribution is 7.13. The van der Waals surface area contributed by atoms with E-state index in [-0.39, 0.29) is 18.3 Å². The summed E-state index contributed by atoms with van der Waals surface area (Å²) in [6, 6.07) is 8.67. The van der Waals surface area contributed by atoms with Crippen LogP contribution < -0.4 is 15.2 Å². The van der Waals surface area contributed by atoms with Crippen LogP contribution in [0.2, 0.25) is 0 Å². The second-order valence-electron chi connectivity index (χ2n) is 5.94. The van der Waals surface area contributed by atoms with E-state index < -0.39 is 11.6 Å². The van der Waals surface area contributed by atoms with E-state index in [1.807, 2.05) is 23.6 Å². The fourth-order valence-corrected chi connectivity index (χ4v) is 3.66. The first-order valence-corrected chi connectivity index (χ1v) is 9.00. The van der Waals surface area contributed by atoms with E-state index in [4.69, 9.17) is 15.2 Å². The van der Waals surface area contributed by atoms with Crippen molar-refractivity contribution in [3.05, 3.63) is 53.4 Å². The molecule has 0 bridgehead atoms. The molecule has 1 aliphatic heterocycles. The Balaban J connectivity index is 1.50. The molecule has 2 N–H and O–H groups in total. The average molecular weight is 399 g/mol. The van der Waals surface area contributed by atoms with Gasteiger partial charge in [-0.1, -0.05) is 5.21 Å². The summed E-state index contributed by atoms with van der Waals surface area (Å²) < 4.78 is 39.0. The molecule has 0 fully saturated rings. The minimum absolute atomic E-state index is 0.00482. The lowest BCUT2D eigenvalue weighted by Crippen LogP contribution is -2.05. The van der Waals surface area contributed by atoms with Crippen LogP contribution in [0.25, 0.3) is 27.6 Å². The fourth-order valence-electron chi connectivity index (χ4n) is 2.84. The smallest absolute Gasteiger partial charge is 0.231 e. The molecule has 0 aliphatic carbocycles. The number of nitrogens with zero attached hydrogens (tertiary/aromatic N) is 4. The number of thiazole rings is 1. The van der Waals surface area contributed by atoms with Gasteiger partial charge in [0.1, 0.15) is 16.5 Å². The molecule has 0 radical (unpaired) electrons. The summed E-state index contributed by atoms with van der Waals surface area (Å²) in [7, 11) is 0. The molecule has 4 aromatic rings. The number of rotatable bonds is 3. The molecule has 0 saturated heterocycles. The van der Waals surface area contributed by atoms with Gasteiger partial charge in [-0.3, -0.25) is 0 Å². The molecular formula is C18H11F2N5O2S. The Kier molecular flexibility index (Phi) is 3.72. The highest BCUT2D eigenvalue weighted by Gasteiger charge is 2.20. The quantitative estimate of drug-likeness (QED) is 0.566. The predicted octanol–water partition coefficient (Wildman–Crippen LogP) is 3.65. The number of halogens is 2. The number of fused-ring (bicyclic) bond motifs is 1. The predicted molar refractivity (Wildman–Crippen MR) is 98.4 cm³/mol. The number of aromatic nitrogens is 4. The second-order valence-corrected chi connectivity index (χ2v) is 6.79. The summed E-state index contributed by atoms with van der Waals surface area (Å²) in [6.45, 7) is 0.195. The van der Waals surface area contributed by atoms with Gasteiger partial charge in [0.25, 0.3) is 0 Å². The SMILES string of the molecule is Nc1c(-c2nc(-c3ccc4c(c3)OCO4)cs2)nnn1-c1ccc(F)cc1F. The molecule has 1 aliphatic rings. The van der Waals surface area contributed by atoms with E-state index in [1.165, 1.54) is 17.4 Å². The number of nitrogen functional groups attached to an aromatic ring is 1. The lowest BCUT2D eigenvalue weighted by molar-refractivity contribution is 0.174. The monoisotopic (exact) mass is 399 g/mol. The molecule has 2 aromatic carbocycles. The van der Waals surface area contributed by atoms with Crippen LogP contribution in [0.4, 0.5) is 14.6 Å². The van der Waals surface area contributed by atoms with Crippen molar-refractivity contribution < 1.29 is 18.3 Å². The zero-order valence-corrected chi connectivity index (χ0v) is 14.9. The molecule has 0 amide bonds. The Bertz CT molecular complexity index is 1210. The topological polar surface area (TPSA) is 88.1 Å². The Labute approximate surface area is 161 Å². The average Bonchev–Trinajstić information content (AvgIpc) is 3.40. The van der Waals surface area contributed by atoms with Gasteiger partial charge in [-0.15, -0.1) is 16.4 Å².